The summed E-state index contributed by atoms with van der Waals surface area (Å²) < 4.78 is 7.62. The molecule has 0 unspecified atom stereocenters. The second kappa shape index (κ2) is 7.60. The molecule has 0 radical (unpaired) electrons. The van der Waals surface area contributed by atoms with Crippen molar-refractivity contribution in [1.82, 2.24) is 24.7 Å². The Hall–Kier alpha value is -2.54. The molecule has 7 nitrogen and oxygen atoms in total. The van der Waals surface area contributed by atoms with E-state index in [-0.39, 0.29) is 0 Å². The van der Waals surface area contributed by atoms with E-state index in [1.165, 1.54) is 0 Å². The van der Waals surface area contributed by atoms with Gasteiger partial charge in [0, 0.05) is 44.7 Å². The van der Waals surface area contributed by atoms with E-state index in [0.29, 0.717) is 17.8 Å². The van der Waals surface area contributed by atoms with Gasteiger partial charge in [0.2, 0.25) is 0 Å². The van der Waals surface area contributed by atoms with E-state index < -0.39 is 0 Å². The zero-order chi connectivity index (χ0) is 18.8. The molecule has 1 saturated heterocycles. The van der Waals surface area contributed by atoms with Crippen LogP contribution in [0, 0.1) is 5.92 Å². The molecule has 0 saturated carbocycles. The normalized spacial score (nSPS) is 15.8. The second-order valence-electron chi connectivity index (χ2n) is 7.42. The lowest BCUT2D eigenvalue weighted by molar-refractivity contribution is 0.0449. The van der Waals surface area contributed by atoms with Crippen LogP contribution in [0.15, 0.2) is 30.7 Å². The van der Waals surface area contributed by atoms with E-state index in [0.717, 1.165) is 55.0 Å². The maximum atomic E-state index is 5.81. The summed E-state index contributed by atoms with van der Waals surface area (Å²) in [4.78, 5) is 16.1. The van der Waals surface area contributed by atoms with Gasteiger partial charge in [-0.05, 0) is 44.7 Å². The monoisotopic (exact) mass is 366 g/mol. The second-order valence-corrected chi connectivity index (χ2v) is 7.42. The zero-order valence-electron chi connectivity index (χ0n) is 16.2. The van der Waals surface area contributed by atoms with Crippen LogP contribution in [0.4, 0.5) is 5.82 Å². The third kappa shape index (κ3) is 3.78. The number of piperidine rings is 1. The van der Waals surface area contributed by atoms with Gasteiger partial charge in [-0.25, -0.2) is 9.97 Å². The van der Waals surface area contributed by atoms with Crippen molar-refractivity contribution < 1.29 is 4.74 Å². The molecule has 4 rings (SSSR count). The zero-order valence-corrected chi connectivity index (χ0v) is 16.2. The molecular weight excluding hydrogens is 340 g/mol. The average Bonchev–Trinajstić information content (AvgIpc) is 3.08. The fourth-order valence-electron chi connectivity index (χ4n) is 3.52. The minimum absolute atomic E-state index is 0.294. The molecule has 27 heavy (non-hydrogen) atoms. The molecule has 4 heterocycles. The Morgan fingerprint density at radius 1 is 1.15 bits per heavy atom. The topological polar surface area (TPSA) is 69.0 Å². The standard InChI is InChI=1S/C20H26N6O/c1-14(2)27-13-15-6-10-26(11-7-15)20-17-12-22-25(3)19(17)23-18(24-20)16-4-8-21-9-5-16/h4-5,8-9,12,14-15H,6-7,10-11,13H2,1-3H3. The Bertz CT molecular complexity index is 899. The summed E-state index contributed by atoms with van der Waals surface area (Å²) in [6, 6.07) is 3.88. The van der Waals surface area contributed by atoms with E-state index in [1.807, 2.05) is 30.1 Å². The minimum Gasteiger partial charge on any atom is -0.379 e. The highest BCUT2D eigenvalue weighted by Gasteiger charge is 2.24. The fourth-order valence-corrected chi connectivity index (χ4v) is 3.52. The van der Waals surface area contributed by atoms with Gasteiger partial charge in [0.05, 0.1) is 17.7 Å². The summed E-state index contributed by atoms with van der Waals surface area (Å²) in [5, 5.41) is 5.41. The lowest BCUT2D eigenvalue weighted by Crippen LogP contribution is -2.36. The molecule has 0 spiro atoms. The average molecular weight is 366 g/mol. The Morgan fingerprint density at radius 2 is 1.89 bits per heavy atom. The molecule has 1 aliphatic rings. The molecule has 0 bridgehead atoms. The van der Waals surface area contributed by atoms with Crippen molar-refractivity contribution in [3.8, 4) is 11.4 Å². The number of fused-ring (bicyclic) bond motifs is 1. The molecule has 7 heteroatoms. The molecule has 1 fully saturated rings. The van der Waals surface area contributed by atoms with E-state index in [1.54, 1.807) is 12.4 Å². The summed E-state index contributed by atoms with van der Waals surface area (Å²) in [5.74, 6) is 2.31. The molecule has 0 atom stereocenters. The van der Waals surface area contributed by atoms with Gasteiger partial charge < -0.3 is 9.64 Å². The van der Waals surface area contributed by atoms with Crippen LogP contribution in [-0.2, 0) is 11.8 Å². The highest BCUT2D eigenvalue weighted by molar-refractivity contribution is 5.88. The van der Waals surface area contributed by atoms with Crippen LogP contribution in [0.1, 0.15) is 26.7 Å². The third-order valence-corrected chi connectivity index (χ3v) is 5.09. The lowest BCUT2D eigenvalue weighted by Gasteiger charge is -2.33. The van der Waals surface area contributed by atoms with Crippen molar-refractivity contribution in [2.75, 3.05) is 24.6 Å². The molecule has 3 aromatic rings. The van der Waals surface area contributed by atoms with Crippen LogP contribution < -0.4 is 4.90 Å². The first-order valence-corrected chi connectivity index (χ1v) is 9.58. The first kappa shape index (κ1) is 17.9. The molecule has 142 valence electrons. The molecular formula is C20H26N6O. The smallest absolute Gasteiger partial charge is 0.164 e. The summed E-state index contributed by atoms with van der Waals surface area (Å²) >= 11 is 0. The van der Waals surface area contributed by atoms with E-state index >= 15 is 0 Å². The number of rotatable bonds is 5. The van der Waals surface area contributed by atoms with Crippen LogP contribution in [0.2, 0.25) is 0 Å². The molecule has 0 N–H and O–H groups in total. The van der Waals surface area contributed by atoms with E-state index in [9.17, 15) is 0 Å². The number of nitrogens with zero attached hydrogens (tertiary/aromatic N) is 6. The van der Waals surface area contributed by atoms with Crippen molar-refractivity contribution in [2.24, 2.45) is 13.0 Å². The number of pyridine rings is 1. The Morgan fingerprint density at radius 3 is 2.59 bits per heavy atom. The third-order valence-electron chi connectivity index (χ3n) is 5.09. The van der Waals surface area contributed by atoms with Crippen molar-refractivity contribution in [1.29, 1.82) is 0 Å². The molecule has 0 aliphatic carbocycles. The van der Waals surface area contributed by atoms with Crippen LogP contribution >= 0.6 is 0 Å². The van der Waals surface area contributed by atoms with E-state index in [2.05, 4.69) is 28.8 Å². The first-order valence-electron chi connectivity index (χ1n) is 9.58. The largest absolute Gasteiger partial charge is 0.379 e. The molecule has 0 aromatic carbocycles. The first-order chi connectivity index (χ1) is 13.1. The van der Waals surface area contributed by atoms with Gasteiger partial charge in [-0.15, -0.1) is 0 Å². The number of ether oxygens (including phenoxy) is 1. The Balaban J connectivity index is 1.62. The van der Waals surface area contributed by atoms with Crippen molar-refractivity contribution in [3.05, 3.63) is 30.7 Å². The highest BCUT2D eigenvalue weighted by Crippen LogP contribution is 2.30. The predicted molar refractivity (Wildman–Crippen MR) is 106 cm³/mol. The summed E-state index contributed by atoms with van der Waals surface area (Å²) in [6.07, 6.45) is 7.93. The SMILES string of the molecule is CC(C)OCC1CCN(c2nc(-c3ccncc3)nc3c2cnn3C)CC1. The number of hydrogen-bond donors (Lipinski definition) is 0. The van der Waals surface area contributed by atoms with Gasteiger partial charge in [0.25, 0.3) is 0 Å². The Kier molecular flexibility index (Phi) is 5.03. The summed E-state index contributed by atoms with van der Waals surface area (Å²) in [7, 11) is 1.92. The van der Waals surface area contributed by atoms with Crippen molar-refractivity contribution in [3.63, 3.8) is 0 Å². The van der Waals surface area contributed by atoms with Crippen LogP contribution in [0.25, 0.3) is 22.4 Å². The van der Waals surface area contributed by atoms with Gasteiger partial charge >= 0.3 is 0 Å². The van der Waals surface area contributed by atoms with Gasteiger partial charge in [0.1, 0.15) is 5.82 Å². The molecule has 1 aliphatic heterocycles. The van der Waals surface area contributed by atoms with Gasteiger partial charge in [-0.2, -0.15) is 5.10 Å². The Labute approximate surface area is 159 Å². The van der Waals surface area contributed by atoms with Crippen LogP contribution in [0.5, 0.6) is 0 Å². The minimum atomic E-state index is 0.294. The number of aromatic nitrogens is 5. The van der Waals surface area contributed by atoms with Crippen LogP contribution in [0.3, 0.4) is 0 Å². The van der Waals surface area contributed by atoms with Crippen molar-refractivity contribution in [2.45, 2.75) is 32.8 Å². The lowest BCUT2D eigenvalue weighted by atomic mass is 9.97. The molecule has 0 amide bonds. The van der Waals surface area contributed by atoms with E-state index in [4.69, 9.17) is 14.7 Å². The number of hydrogen-bond acceptors (Lipinski definition) is 6. The summed E-state index contributed by atoms with van der Waals surface area (Å²) in [6.45, 7) is 6.98. The van der Waals surface area contributed by atoms with Crippen molar-refractivity contribution >= 4 is 16.9 Å². The number of anilines is 1. The maximum Gasteiger partial charge on any atom is 0.164 e. The highest BCUT2D eigenvalue weighted by atomic mass is 16.5. The summed E-state index contributed by atoms with van der Waals surface area (Å²) in [5.41, 5.74) is 1.83. The van der Waals surface area contributed by atoms with Gasteiger partial charge in [-0.1, -0.05) is 0 Å². The molecule has 3 aromatic heterocycles. The maximum absolute atomic E-state index is 5.81. The quantitative estimate of drug-likeness (QED) is 0.691. The van der Waals surface area contributed by atoms with Crippen LogP contribution in [-0.4, -0.2) is 50.5 Å². The van der Waals surface area contributed by atoms with Gasteiger partial charge in [0.15, 0.2) is 11.5 Å². The fraction of sp³-hybridized carbons (Fsp3) is 0.500. The number of aryl methyl sites for hydroxylation is 1. The predicted octanol–water partition coefficient (Wildman–Crippen LogP) is 3.07. The van der Waals surface area contributed by atoms with Gasteiger partial charge in [-0.3, -0.25) is 9.67 Å².